The number of hydrogen-bond donors (Lipinski definition) is 2. The molecule has 0 saturated carbocycles. The average molecular weight is 264 g/mol. The summed E-state index contributed by atoms with van der Waals surface area (Å²) in [6.45, 7) is 0.881. The van der Waals surface area contributed by atoms with Crippen molar-refractivity contribution in [1.82, 2.24) is 5.32 Å². The number of nitriles is 1. The summed E-state index contributed by atoms with van der Waals surface area (Å²) < 4.78 is 0. The van der Waals surface area contributed by atoms with E-state index in [-0.39, 0.29) is 11.9 Å². The third-order valence-corrected chi connectivity index (χ3v) is 3.30. The topological polar surface area (TPSA) is 64.9 Å². The van der Waals surface area contributed by atoms with Gasteiger partial charge in [-0.25, -0.2) is 0 Å². The molecule has 1 heterocycles. The molecule has 1 aliphatic heterocycles. The largest absolute Gasteiger partial charge is 0.325 e. The van der Waals surface area contributed by atoms with Crippen LogP contribution in [0.3, 0.4) is 0 Å². The van der Waals surface area contributed by atoms with Crippen molar-refractivity contribution in [3.63, 3.8) is 0 Å². The van der Waals surface area contributed by atoms with Crippen LogP contribution < -0.4 is 10.6 Å². The monoisotopic (exact) mass is 263 g/mol. The number of hydrogen-bond acceptors (Lipinski definition) is 3. The molecule has 0 aromatic heterocycles. The summed E-state index contributed by atoms with van der Waals surface area (Å²) in [6.07, 6.45) is 3.04. The standard InChI is InChI=1S/C13H14ClN3O/c14-11-7-10(5-4-9(11)8-15)17-13(18)12-3-1-2-6-16-12/h4-5,7,12,16H,1-3,6H2,(H,17,18). The number of benzene rings is 1. The van der Waals surface area contributed by atoms with Gasteiger partial charge in [0.2, 0.25) is 5.91 Å². The van der Waals surface area contributed by atoms with E-state index in [1.807, 2.05) is 6.07 Å². The van der Waals surface area contributed by atoms with Crippen LogP contribution in [-0.2, 0) is 4.79 Å². The normalized spacial score (nSPS) is 19.0. The maximum Gasteiger partial charge on any atom is 0.241 e. The fourth-order valence-corrected chi connectivity index (χ4v) is 2.21. The Hall–Kier alpha value is -1.57. The summed E-state index contributed by atoms with van der Waals surface area (Å²) in [6, 6.07) is 6.74. The molecule has 1 amide bonds. The lowest BCUT2D eigenvalue weighted by atomic mass is 10.0. The van der Waals surface area contributed by atoms with Gasteiger partial charge in [-0.15, -0.1) is 0 Å². The minimum Gasteiger partial charge on any atom is -0.325 e. The van der Waals surface area contributed by atoms with Gasteiger partial charge in [0.05, 0.1) is 16.6 Å². The van der Waals surface area contributed by atoms with Gasteiger partial charge < -0.3 is 10.6 Å². The maximum absolute atomic E-state index is 12.0. The molecule has 1 atom stereocenters. The average Bonchev–Trinajstić information content (AvgIpc) is 2.40. The lowest BCUT2D eigenvalue weighted by molar-refractivity contribution is -0.118. The second kappa shape index (κ2) is 5.85. The van der Waals surface area contributed by atoms with E-state index in [1.165, 1.54) is 0 Å². The predicted octanol–water partition coefficient (Wildman–Crippen LogP) is 2.29. The highest BCUT2D eigenvalue weighted by molar-refractivity contribution is 6.32. The Morgan fingerprint density at radius 3 is 2.94 bits per heavy atom. The van der Waals surface area contributed by atoms with Crippen LogP contribution in [0.25, 0.3) is 0 Å². The quantitative estimate of drug-likeness (QED) is 0.860. The van der Waals surface area contributed by atoms with Gasteiger partial charge in [0.25, 0.3) is 0 Å². The van der Waals surface area contributed by atoms with E-state index in [9.17, 15) is 4.79 Å². The molecule has 2 rings (SSSR count). The van der Waals surface area contributed by atoms with E-state index in [2.05, 4.69) is 10.6 Å². The highest BCUT2D eigenvalue weighted by Crippen LogP contribution is 2.20. The van der Waals surface area contributed by atoms with E-state index >= 15 is 0 Å². The van der Waals surface area contributed by atoms with Crippen LogP contribution in [0.5, 0.6) is 0 Å². The van der Waals surface area contributed by atoms with Crippen LogP contribution in [0.15, 0.2) is 18.2 Å². The Bertz CT molecular complexity index is 489. The third-order valence-electron chi connectivity index (χ3n) is 2.98. The Kier molecular flexibility index (Phi) is 4.19. The number of amides is 1. The van der Waals surface area contributed by atoms with Crippen molar-refractivity contribution in [1.29, 1.82) is 5.26 Å². The first-order valence-corrected chi connectivity index (χ1v) is 6.32. The van der Waals surface area contributed by atoms with Crippen LogP contribution >= 0.6 is 11.6 Å². The second-order valence-electron chi connectivity index (χ2n) is 4.30. The molecule has 18 heavy (non-hydrogen) atoms. The van der Waals surface area contributed by atoms with Crippen molar-refractivity contribution < 1.29 is 4.79 Å². The fraction of sp³-hybridized carbons (Fsp3) is 0.385. The van der Waals surface area contributed by atoms with Gasteiger partial charge in [0.1, 0.15) is 6.07 Å². The number of nitrogens with one attached hydrogen (secondary N) is 2. The van der Waals surface area contributed by atoms with Crippen LogP contribution in [0.1, 0.15) is 24.8 Å². The van der Waals surface area contributed by atoms with Crippen LogP contribution in [0.2, 0.25) is 5.02 Å². The van der Waals surface area contributed by atoms with Gasteiger partial charge in [0.15, 0.2) is 0 Å². The molecule has 2 N–H and O–H groups in total. The van der Waals surface area contributed by atoms with E-state index in [0.29, 0.717) is 16.3 Å². The van der Waals surface area contributed by atoms with Gasteiger partial charge in [-0.1, -0.05) is 18.0 Å². The van der Waals surface area contributed by atoms with Crippen LogP contribution in [-0.4, -0.2) is 18.5 Å². The molecule has 0 bridgehead atoms. The van der Waals surface area contributed by atoms with Crippen LogP contribution in [0, 0.1) is 11.3 Å². The molecule has 94 valence electrons. The molecule has 1 fully saturated rings. The van der Waals surface area contributed by atoms with Gasteiger partial charge >= 0.3 is 0 Å². The molecule has 1 aromatic rings. The zero-order valence-corrected chi connectivity index (χ0v) is 10.6. The first kappa shape index (κ1) is 12.9. The molecule has 4 nitrogen and oxygen atoms in total. The van der Waals surface area contributed by atoms with Gasteiger partial charge in [-0.2, -0.15) is 5.26 Å². The molecule has 0 spiro atoms. The van der Waals surface area contributed by atoms with E-state index < -0.39 is 0 Å². The first-order chi connectivity index (χ1) is 8.70. The summed E-state index contributed by atoms with van der Waals surface area (Å²) in [5.74, 6) is -0.0459. The number of rotatable bonds is 2. The van der Waals surface area contributed by atoms with Crippen molar-refractivity contribution in [3.8, 4) is 6.07 Å². The number of halogens is 1. The van der Waals surface area contributed by atoms with E-state index in [1.54, 1.807) is 18.2 Å². The predicted molar refractivity (Wildman–Crippen MR) is 70.4 cm³/mol. The zero-order chi connectivity index (χ0) is 13.0. The summed E-state index contributed by atoms with van der Waals surface area (Å²) >= 11 is 5.91. The summed E-state index contributed by atoms with van der Waals surface area (Å²) in [5, 5.41) is 15.1. The smallest absolute Gasteiger partial charge is 0.241 e. The summed E-state index contributed by atoms with van der Waals surface area (Å²) in [4.78, 5) is 12.0. The number of nitrogens with zero attached hydrogens (tertiary/aromatic N) is 1. The number of carbonyl (C=O) groups excluding carboxylic acids is 1. The Balaban J connectivity index is 2.02. The molecule has 1 aliphatic rings. The molecular weight excluding hydrogens is 250 g/mol. The highest BCUT2D eigenvalue weighted by Gasteiger charge is 2.20. The Morgan fingerprint density at radius 2 is 2.33 bits per heavy atom. The van der Waals surface area contributed by atoms with Gasteiger partial charge in [-0.05, 0) is 37.6 Å². The lowest BCUT2D eigenvalue weighted by Gasteiger charge is -2.22. The molecule has 0 aliphatic carbocycles. The number of carbonyl (C=O) groups is 1. The molecule has 0 radical (unpaired) electrons. The maximum atomic E-state index is 12.0. The highest BCUT2D eigenvalue weighted by atomic mass is 35.5. The van der Waals surface area contributed by atoms with Crippen molar-refractivity contribution in [3.05, 3.63) is 28.8 Å². The van der Waals surface area contributed by atoms with Crippen molar-refractivity contribution >= 4 is 23.2 Å². The lowest BCUT2D eigenvalue weighted by Crippen LogP contribution is -2.43. The number of piperidine rings is 1. The minimum atomic E-state index is -0.131. The first-order valence-electron chi connectivity index (χ1n) is 5.94. The molecule has 1 saturated heterocycles. The van der Waals surface area contributed by atoms with E-state index in [4.69, 9.17) is 16.9 Å². The minimum absolute atomic E-state index is 0.0459. The Morgan fingerprint density at radius 1 is 1.50 bits per heavy atom. The summed E-state index contributed by atoms with van der Waals surface area (Å²) in [7, 11) is 0. The van der Waals surface area contributed by atoms with Crippen molar-refractivity contribution in [2.45, 2.75) is 25.3 Å². The Labute approximate surface area is 111 Å². The molecule has 1 aromatic carbocycles. The van der Waals surface area contributed by atoms with Gasteiger partial charge in [0, 0.05) is 5.69 Å². The number of anilines is 1. The molecule has 5 heteroatoms. The second-order valence-corrected chi connectivity index (χ2v) is 4.71. The van der Waals surface area contributed by atoms with Gasteiger partial charge in [-0.3, -0.25) is 4.79 Å². The SMILES string of the molecule is N#Cc1ccc(NC(=O)C2CCCCN2)cc1Cl. The summed E-state index contributed by atoms with van der Waals surface area (Å²) in [5.41, 5.74) is 1.03. The third kappa shape index (κ3) is 3.00. The van der Waals surface area contributed by atoms with Crippen molar-refractivity contribution in [2.24, 2.45) is 0 Å². The zero-order valence-electron chi connectivity index (χ0n) is 9.87. The van der Waals surface area contributed by atoms with Crippen LogP contribution in [0.4, 0.5) is 5.69 Å². The van der Waals surface area contributed by atoms with E-state index in [0.717, 1.165) is 25.8 Å². The molecule has 1 unspecified atom stereocenters. The van der Waals surface area contributed by atoms with Crippen molar-refractivity contribution in [2.75, 3.05) is 11.9 Å². The molecular formula is C13H14ClN3O. The fourth-order valence-electron chi connectivity index (χ4n) is 1.99.